The first-order valence-corrected chi connectivity index (χ1v) is 6.33. The Bertz CT molecular complexity index is 333. The molecule has 2 heterocycles. The lowest BCUT2D eigenvalue weighted by Crippen LogP contribution is -2.37. The number of carbonyl (C=O) groups is 1. The Morgan fingerprint density at radius 2 is 2.64 bits per heavy atom. The quantitative estimate of drug-likeness (QED) is 0.796. The third kappa shape index (κ3) is 2.26. The van der Waals surface area contributed by atoms with E-state index in [0.717, 1.165) is 17.3 Å². The van der Waals surface area contributed by atoms with E-state index in [1.165, 1.54) is 11.3 Å². The smallest absolute Gasteiger partial charge is 0.244 e. The summed E-state index contributed by atoms with van der Waals surface area (Å²) < 4.78 is 0. The molecular weight excluding hydrogens is 218 g/mol. The highest BCUT2D eigenvalue weighted by molar-refractivity contribution is 7.99. The van der Waals surface area contributed by atoms with Crippen LogP contribution in [-0.4, -0.2) is 28.6 Å². The van der Waals surface area contributed by atoms with E-state index in [-0.39, 0.29) is 11.9 Å². The average Bonchev–Trinajstić information content (AvgIpc) is 2.75. The van der Waals surface area contributed by atoms with Crippen LogP contribution in [0.15, 0.2) is 5.38 Å². The second-order valence-electron chi connectivity index (χ2n) is 3.06. The zero-order valence-corrected chi connectivity index (χ0v) is 9.37. The Labute approximate surface area is 90.5 Å². The van der Waals surface area contributed by atoms with E-state index in [2.05, 4.69) is 15.6 Å². The molecule has 1 aliphatic heterocycles. The number of carbonyl (C=O) groups excluding carboxylic acids is 1. The fourth-order valence-electron chi connectivity index (χ4n) is 1.17. The lowest BCUT2D eigenvalue weighted by molar-refractivity contribution is -0.117. The molecule has 0 bridgehead atoms. The Morgan fingerprint density at radius 3 is 3.21 bits per heavy atom. The topological polar surface area (TPSA) is 54.0 Å². The summed E-state index contributed by atoms with van der Waals surface area (Å²) >= 11 is 3.20. The summed E-state index contributed by atoms with van der Waals surface area (Å²) in [6.45, 7) is 1.91. The Hall–Kier alpha value is -0.590. The standard InChI is InChI=1S/C8H11N3OS2/c1-5-2-14-8(10-5)11-7(12)6-3-13-4-9-6/h2,6,9H,3-4H2,1H3,(H,10,11,12). The normalized spacial score (nSPS) is 21.1. The van der Waals surface area contributed by atoms with Crippen molar-refractivity contribution in [2.45, 2.75) is 13.0 Å². The molecule has 1 aromatic rings. The van der Waals surface area contributed by atoms with Gasteiger partial charge in [0.05, 0.1) is 11.7 Å². The van der Waals surface area contributed by atoms with Crippen molar-refractivity contribution in [1.29, 1.82) is 0 Å². The maximum absolute atomic E-state index is 11.6. The van der Waals surface area contributed by atoms with Gasteiger partial charge in [-0.25, -0.2) is 4.98 Å². The third-order valence-electron chi connectivity index (χ3n) is 1.88. The molecule has 1 fully saturated rings. The van der Waals surface area contributed by atoms with Crippen molar-refractivity contribution in [3.8, 4) is 0 Å². The number of rotatable bonds is 2. The van der Waals surface area contributed by atoms with Gasteiger partial charge in [-0.15, -0.1) is 23.1 Å². The number of hydrogen-bond donors (Lipinski definition) is 2. The maximum atomic E-state index is 11.6. The SMILES string of the molecule is Cc1csc(NC(=O)C2CSCN2)n1. The number of nitrogens with one attached hydrogen (secondary N) is 2. The van der Waals surface area contributed by atoms with Gasteiger partial charge in [0.1, 0.15) is 0 Å². The summed E-state index contributed by atoms with van der Waals surface area (Å²) in [5, 5.41) is 8.52. The number of thioether (sulfide) groups is 1. The summed E-state index contributed by atoms with van der Waals surface area (Å²) in [6, 6.07) is -0.0655. The summed E-state index contributed by atoms with van der Waals surface area (Å²) in [4.78, 5) is 15.8. The molecule has 76 valence electrons. The van der Waals surface area contributed by atoms with E-state index < -0.39 is 0 Å². The van der Waals surface area contributed by atoms with Crippen LogP contribution in [0, 0.1) is 6.92 Å². The summed E-state index contributed by atoms with van der Waals surface area (Å²) in [7, 11) is 0. The molecule has 1 atom stereocenters. The van der Waals surface area contributed by atoms with Crippen LogP contribution in [0.1, 0.15) is 5.69 Å². The zero-order chi connectivity index (χ0) is 9.97. The summed E-state index contributed by atoms with van der Waals surface area (Å²) in [5.74, 6) is 1.72. The number of thiazole rings is 1. The van der Waals surface area contributed by atoms with Gasteiger partial charge in [0.2, 0.25) is 5.91 Å². The highest BCUT2D eigenvalue weighted by atomic mass is 32.2. The highest BCUT2D eigenvalue weighted by Gasteiger charge is 2.22. The Morgan fingerprint density at radius 1 is 1.79 bits per heavy atom. The molecule has 4 nitrogen and oxygen atoms in total. The molecular formula is C8H11N3OS2. The van der Waals surface area contributed by atoms with Crippen LogP contribution in [0.25, 0.3) is 0 Å². The molecule has 0 saturated carbocycles. The van der Waals surface area contributed by atoms with E-state index in [4.69, 9.17) is 0 Å². The van der Waals surface area contributed by atoms with Crippen molar-refractivity contribution in [2.24, 2.45) is 0 Å². The fraction of sp³-hybridized carbons (Fsp3) is 0.500. The Balaban J connectivity index is 1.93. The van der Waals surface area contributed by atoms with Crippen molar-refractivity contribution in [3.63, 3.8) is 0 Å². The first kappa shape index (κ1) is 9.95. The van der Waals surface area contributed by atoms with Crippen molar-refractivity contribution < 1.29 is 4.79 Å². The van der Waals surface area contributed by atoms with Gasteiger partial charge in [0.25, 0.3) is 0 Å². The lowest BCUT2D eigenvalue weighted by atomic mass is 10.3. The number of aryl methyl sites for hydroxylation is 1. The molecule has 0 radical (unpaired) electrons. The van der Waals surface area contributed by atoms with Crippen molar-refractivity contribution in [3.05, 3.63) is 11.1 Å². The molecule has 1 aliphatic rings. The van der Waals surface area contributed by atoms with Crippen LogP contribution in [0.2, 0.25) is 0 Å². The molecule has 0 aromatic carbocycles. The predicted octanol–water partition coefficient (Wildman–Crippen LogP) is 1.05. The largest absolute Gasteiger partial charge is 0.301 e. The second-order valence-corrected chi connectivity index (χ2v) is 4.94. The van der Waals surface area contributed by atoms with Gasteiger partial charge < -0.3 is 5.32 Å². The summed E-state index contributed by atoms with van der Waals surface area (Å²) in [5.41, 5.74) is 0.944. The van der Waals surface area contributed by atoms with Crippen molar-refractivity contribution in [2.75, 3.05) is 16.9 Å². The maximum Gasteiger partial charge on any atom is 0.244 e. The van der Waals surface area contributed by atoms with Crippen LogP contribution < -0.4 is 10.6 Å². The van der Waals surface area contributed by atoms with Crippen LogP contribution in [0.4, 0.5) is 5.13 Å². The minimum absolute atomic E-state index is 0.0179. The van der Waals surface area contributed by atoms with Gasteiger partial charge in [-0.05, 0) is 6.92 Å². The van der Waals surface area contributed by atoms with E-state index in [1.807, 2.05) is 12.3 Å². The number of hydrogen-bond acceptors (Lipinski definition) is 5. The van der Waals surface area contributed by atoms with E-state index in [9.17, 15) is 4.79 Å². The third-order valence-corrected chi connectivity index (χ3v) is 3.70. The molecule has 1 unspecified atom stereocenters. The van der Waals surface area contributed by atoms with E-state index >= 15 is 0 Å². The van der Waals surface area contributed by atoms with E-state index in [1.54, 1.807) is 11.8 Å². The molecule has 1 aromatic heterocycles. The second kappa shape index (κ2) is 4.29. The minimum Gasteiger partial charge on any atom is -0.301 e. The van der Waals surface area contributed by atoms with Crippen LogP contribution >= 0.6 is 23.1 Å². The van der Waals surface area contributed by atoms with Crippen LogP contribution in [-0.2, 0) is 4.79 Å². The number of nitrogens with zero attached hydrogens (tertiary/aromatic N) is 1. The average molecular weight is 229 g/mol. The van der Waals surface area contributed by atoms with Crippen molar-refractivity contribution >= 4 is 34.1 Å². The fourth-order valence-corrected chi connectivity index (χ4v) is 2.80. The monoisotopic (exact) mass is 229 g/mol. The lowest BCUT2D eigenvalue weighted by Gasteiger charge is -2.07. The van der Waals surface area contributed by atoms with E-state index in [0.29, 0.717) is 5.13 Å². The van der Waals surface area contributed by atoms with Gasteiger partial charge in [0.15, 0.2) is 5.13 Å². The number of aromatic nitrogens is 1. The molecule has 2 N–H and O–H groups in total. The molecule has 0 aliphatic carbocycles. The molecule has 2 rings (SSSR count). The van der Waals surface area contributed by atoms with Gasteiger partial charge in [0, 0.05) is 17.0 Å². The first-order chi connectivity index (χ1) is 6.75. The van der Waals surface area contributed by atoms with Crippen molar-refractivity contribution in [1.82, 2.24) is 10.3 Å². The number of amides is 1. The molecule has 1 saturated heterocycles. The highest BCUT2D eigenvalue weighted by Crippen LogP contribution is 2.16. The first-order valence-electron chi connectivity index (χ1n) is 4.30. The molecule has 0 spiro atoms. The Kier molecular flexibility index (Phi) is 3.05. The predicted molar refractivity (Wildman–Crippen MR) is 59.7 cm³/mol. The van der Waals surface area contributed by atoms with Crippen LogP contribution in [0.3, 0.4) is 0 Å². The molecule has 14 heavy (non-hydrogen) atoms. The van der Waals surface area contributed by atoms with Gasteiger partial charge in [-0.3, -0.25) is 10.1 Å². The molecule has 1 amide bonds. The van der Waals surface area contributed by atoms with Gasteiger partial charge >= 0.3 is 0 Å². The zero-order valence-electron chi connectivity index (χ0n) is 7.74. The minimum atomic E-state index is -0.0655. The van der Waals surface area contributed by atoms with Crippen LogP contribution in [0.5, 0.6) is 0 Å². The number of anilines is 1. The van der Waals surface area contributed by atoms with Gasteiger partial charge in [-0.2, -0.15) is 0 Å². The molecule has 6 heteroatoms. The van der Waals surface area contributed by atoms with Gasteiger partial charge in [-0.1, -0.05) is 0 Å². The summed E-state index contributed by atoms with van der Waals surface area (Å²) in [6.07, 6.45) is 0.